The van der Waals surface area contributed by atoms with E-state index in [1.807, 2.05) is 0 Å². The Bertz CT molecular complexity index is 169. The van der Waals surface area contributed by atoms with Crippen molar-refractivity contribution in [2.24, 2.45) is 11.8 Å². The number of halogens is 1. The van der Waals surface area contributed by atoms with Crippen molar-refractivity contribution in [3.63, 3.8) is 0 Å². The molecule has 14 heavy (non-hydrogen) atoms. The molecule has 0 saturated heterocycles. The lowest BCUT2D eigenvalue weighted by Crippen LogP contribution is -2.31. The highest BCUT2D eigenvalue weighted by molar-refractivity contribution is 9.09. The first kappa shape index (κ1) is 13.9. The summed E-state index contributed by atoms with van der Waals surface area (Å²) in [6.07, 6.45) is 1.62. The predicted molar refractivity (Wildman–Crippen MR) is 64.6 cm³/mol. The van der Waals surface area contributed by atoms with E-state index in [4.69, 9.17) is 0 Å². The summed E-state index contributed by atoms with van der Waals surface area (Å²) in [6.45, 7) is 9.28. The molecule has 0 aliphatic heterocycles. The van der Waals surface area contributed by atoms with Gasteiger partial charge in [-0.1, -0.05) is 43.6 Å². The minimum atomic E-state index is 0.170. The molecule has 0 heterocycles. The molecule has 0 saturated carbocycles. The van der Waals surface area contributed by atoms with Gasteiger partial charge in [0.25, 0.3) is 0 Å². The van der Waals surface area contributed by atoms with Crippen molar-refractivity contribution in [2.75, 3.05) is 6.54 Å². The summed E-state index contributed by atoms with van der Waals surface area (Å²) in [4.78, 5) is 11.7. The number of amides is 1. The summed E-state index contributed by atoms with van der Waals surface area (Å²) in [5, 5.41) is 2.93. The van der Waals surface area contributed by atoms with E-state index in [0.717, 1.165) is 13.0 Å². The van der Waals surface area contributed by atoms with E-state index in [9.17, 15) is 4.79 Å². The van der Waals surface area contributed by atoms with Crippen LogP contribution in [-0.4, -0.2) is 17.3 Å². The summed E-state index contributed by atoms with van der Waals surface area (Å²) in [5.74, 6) is 1.33. The Kier molecular flexibility index (Phi) is 7.24. The van der Waals surface area contributed by atoms with Gasteiger partial charge in [-0.05, 0) is 18.3 Å². The van der Waals surface area contributed by atoms with Crippen molar-refractivity contribution in [3.8, 4) is 0 Å². The van der Waals surface area contributed by atoms with E-state index in [-0.39, 0.29) is 5.91 Å². The molecule has 3 heteroatoms. The second-order valence-corrected chi connectivity index (χ2v) is 5.67. The molecule has 0 aromatic heterocycles. The Labute approximate surface area is 96.0 Å². The molecule has 1 unspecified atom stereocenters. The van der Waals surface area contributed by atoms with E-state index in [0.29, 0.717) is 23.1 Å². The molecule has 2 nitrogen and oxygen atoms in total. The zero-order valence-electron chi connectivity index (χ0n) is 9.64. The summed E-state index contributed by atoms with van der Waals surface area (Å²) in [7, 11) is 0. The van der Waals surface area contributed by atoms with Crippen LogP contribution in [0.2, 0.25) is 0 Å². The van der Waals surface area contributed by atoms with Crippen LogP contribution in [0.3, 0.4) is 0 Å². The Hall–Kier alpha value is -0.0500. The fourth-order valence-corrected chi connectivity index (χ4v) is 1.12. The average Bonchev–Trinajstić information content (AvgIpc) is 2.10. The Morgan fingerprint density at radius 1 is 1.29 bits per heavy atom. The van der Waals surface area contributed by atoms with Gasteiger partial charge < -0.3 is 5.32 Å². The quantitative estimate of drug-likeness (QED) is 0.734. The molecule has 0 aliphatic rings. The fraction of sp³-hybridized carbons (Fsp3) is 0.909. The molecule has 1 N–H and O–H groups in total. The van der Waals surface area contributed by atoms with Crippen LogP contribution in [0.1, 0.15) is 40.5 Å². The van der Waals surface area contributed by atoms with Gasteiger partial charge in [0, 0.05) is 17.8 Å². The highest BCUT2D eigenvalue weighted by atomic mass is 79.9. The monoisotopic (exact) mass is 263 g/mol. The third kappa shape index (κ3) is 7.36. The minimum Gasteiger partial charge on any atom is -0.355 e. The van der Waals surface area contributed by atoms with E-state index < -0.39 is 0 Å². The normalized spacial score (nSPS) is 13.4. The number of carbonyl (C=O) groups excluding carboxylic acids is 1. The van der Waals surface area contributed by atoms with Gasteiger partial charge >= 0.3 is 0 Å². The van der Waals surface area contributed by atoms with Gasteiger partial charge in [0.05, 0.1) is 0 Å². The molecule has 0 radical (unpaired) electrons. The number of hydrogen-bond donors (Lipinski definition) is 1. The maximum atomic E-state index is 11.3. The maximum Gasteiger partial charge on any atom is 0.220 e. The molecule has 0 spiro atoms. The first-order valence-corrected chi connectivity index (χ1v) is 6.25. The van der Waals surface area contributed by atoms with Crippen LogP contribution in [0.25, 0.3) is 0 Å². The van der Waals surface area contributed by atoms with E-state index in [1.165, 1.54) is 0 Å². The van der Waals surface area contributed by atoms with Crippen LogP contribution in [0.5, 0.6) is 0 Å². The summed E-state index contributed by atoms with van der Waals surface area (Å²) in [6, 6.07) is 0. The first-order chi connectivity index (χ1) is 6.43. The lowest BCUT2D eigenvalue weighted by Gasteiger charge is -2.14. The van der Waals surface area contributed by atoms with Crippen LogP contribution in [0.4, 0.5) is 0 Å². The molecule has 0 rings (SSSR count). The van der Waals surface area contributed by atoms with Crippen molar-refractivity contribution in [1.29, 1.82) is 0 Å². The third-order valence-electron chi connectivity index (χ3n) is 2.17. The highest BCUT2D eigenvalue weighted by Crippen LogP contribution is 2.10. The standard InChI is InChI=1S/C11H22BrNO/c1-8(2)5-6-11(14)13-7-10(12)9(3)4/h8-10H,5-7H2,1-4H3,(H,13,14). The predicted octanol–water partition coefficient (Wildman–Crippen LogP) is 2.96. The molecule has 0 aromatic carbocycles. The lowest BCUT2D eigenvalue weighted by atomic mass is 10.1. The Morgan fingerprint density at radius 2 is 1.86 bits per heavy atom. The topological polar surface area (TPSA) is 29.1 Å². The first-order valence-electron chi connectivity index (χ1n) is 5.34. The highest BCUT2D eigenvalue weighted by Gasteiger charge is 2.10. The number of hydrogen-bond acceptors (Lipinski definition) is 1. The SMILES string of the molecule is CC(C)CCC(=O)NCC(Br)C(C)C. The summed E-state index contributed by atoms with van der Waals surface area (Å²) in [5.41, 5.74) is 0. The van der Waals surface area contributed by atoms with Crippen LogP contribution in [-0.2, 0) is 4.79 Å². The number of nitrogens with one attached hydrogen (secondary N) is 1. The Balaban J connectivity index is 3.54. The zero-order valence-corrected chi connectivity index (χ0v) is 11.2. The fourth-order valence-electron chi connectivity index (χ4n) is 0.955. The molecule has 0 aliphatic carbocycles. The van der Waals surface area contributed by atoms with Gasteiger partial charge in [0.15, 0.2) is 0 Å². The van der Waals surface area contributed by atoms with Gasteiger partial charge in [-0.15, -0.1) is 0 Å². The van der Waals surface area contributed by atoms with Crippen molar-refractivity contribution < 1.29 is 4.79 Å². The molecular formula is C11H22BrNO. The van der Waals surface area contributed by atoms with E-state index in [2.05, 4.69) is 48.9 Å². The average molecular weight is 264 g/mol. The van der Waals surface area contributed by atoms with Gasteiger partial charge in [-0.25, -0.2) is 0 Å². The van der Waals surface area contributed by atoms with Gasteiger partial charge in [-0.2, -0.15) is 0 Å². The van der Waals surface area contributed by atoms with Crippen LogP contribution in [0.15, 0.2) is 0 Å². The Morgan fingerprint density at radius 3 is 2.29 bits per heavy atom. The second kappa shape index (κ2) is 7.27. The smallest absolute Gasteiger partial charge is 0.220 e. The van der Waals surface area contributed by atoms with Gasteiger partial charge in [0.1, 0.15) is 0 Å². The van der Waals surface area contributed by atoms with Crippen molar-refractivity contribution in [1.82, 2.24) is 5.32 Å². The maximum absolute atomic E-state index is 11.3. The van der Waals surface area contributed by atoms with Crippen LogP contribution < -0.4 is 5.32 Å². The van der Waals surface area contributed by atoms with E-state index in [1.54, 1.807) is 0 Å². The number of carbonyl (C=O) groups is 1. The van der Waals surface area contributed by atoms with Crippen molar-refractivity contribution >= 4 is 21.8 Å². The van der Waals surface area contributed by atoms with Gasteiger partial charge in [0.2, 0.25) is 5.91 Å². The molecule has 1 amide bonds. The molecule has 0 aromatic rings. The largest absolute Gasteiger partial charge is 0.355 e. The minimum absolute atomic E-state index is 0.170. The summed E-state index contributed by atoms with van der Waals surface area (Å²) < 4.78 is 0. The molecule has 84 valence electrons. The third-order valence-corrected chi connectivity index (χ3v) is 3.55. The van der Waals surface area contributed by atoms with Crippen LogP contribution >= 0.6 is 15.9 Å². The number of rotatable bonds is 6. The van der Waals surface area contributed by atoms with Gasteiger partial charge in [-0.3, -0.25) is 4.79 Å². The lowest BCUT2D eigenvalue weighted by molar-refractivity contribution is -0.121. The molecule has 0 bridgehead atoms. The van der Waals surface area contributed by atoms with Crippen LogP contribution in [0, 0.1) is 11.8 Å². The number of alkyl halides is 1. The second-order valence-electron chi connectivity index (χ2n) is 4.50. The van der Waals surface area contributed by atoms with Crippen molar-refractivity contribution in [2.45, 2.75) is 45.4 Å². The molecule has 1 atom stereocenters. The van der Waals surface area contributed by atoms with E-state index >= 15 is 0 Å². The summed E-state index contributed by atoms with van der Waals surface area (Å²) >= 11 is 3.54. The molecule has 0 fully saturated rings. The zero-order chi connectivity index (χ0) is 11.1. The van der Waals surface area contributed by atoms with Crippen molar-refractivity contribution in [3.05, 3.63) is 0 Å². The molecular weight excluding hydrogens is 242 g/mol.